The number of nitrogens with one attached hydrogen (secondary N) is 1. The van der Waals surface area contributed by atoms with E-state index in [2.05, 4.69) is 17.3 Å². The number of nitrogens with zero attached hydrogens (tertiary/aromatic N) is 1. The Kier molecular flexibility index (Phi) is 3.98. The predicted octanol–water partition coefficient (Wildman–Crippen LogP) is -0.420. The van der Waals surface area contributed by atoms with Crippen molar-refractivity contribution in [3.63, 3.8) is 0 Å². The second-order valence-electron chi connectivity index (χ2n) is 3.44. The van der Waals surface area contributed by atoms with Crippen LogP contribution < -0.4 is 17.0 Å². The van der Waals surface area contributed by atoms with Gasteiger partial charge >= 0.3 is 0 Å². The summed E-state index contributed by atoms with van der Waals surface area (Å²) in [5, 5.41) is 0. The first-order valence-electron chi connectivity index (χ1n) is 4.60. The molecule has 0 spiro atoms. The van der Waals surface area contributed by atoms with Crippen molar-refractivity contribution < 1.29 is 4.74 Å². The van der Waals surface area contributed by atoms with Crippen LogP contribution in [0.2, 0.25) is 0 Å². The van der Waals surface area contributed by atoms with Gasteiger partial charge in [0.25, 0.3) is 0 Å². The number of ether oxygens (including phenoxy) is 1. The van der Waals surface area contributed by atoms with Crippen LogP contribution in [0.15, 0.2) is 4.99 Å². The van der Waals surface area contributed by atoms with Gasteiger partial charge in [0.05, 0.1) is 6.10 Å². The van der Waals surface area contributed by atoms with E-state index in [1.165, 1.54) is 0 Å². The lowest BCUT2D eigenvalue weighted by Crippen LogP contribution is -2.37. The molecule has 2 unspecified atom stereocenters. The van der Waals surface area contributed by atoms with Crippen LogP contribution in [0.5, 0.6) is 0 Å². The van der Waals surface area contributed by atoms with E-state index in [0.717, 1.165) is 26.0 Å². The molecule has 5 nitrogen and oxygen atoms in total. The molecule has 0 aromatic rings. The number of rotatable bonds is 2. The summed E-state index contributed by atoms with van der Waals surface area (Å²) in [5.41, 5.74) is 7.72. The fourth-order valence-electron chi connectivity index (χ4n) is 1.53. The molecule has 0 saturated carbocycles. The van der Waals surface area contributed by atoms with Crippen molar-refractivity contribution in [2.24, 2.45) is 22.5 Å². The molecule has 1 aliphatic heterocycles. The van der Waals surface area contributed by atoms with Crippen LogP contribution in [0.3, 0.4) is 0 Å². The average molecular weight is 186 g/mol. The Morgan fingerprint density at radius 2 is 2.46 bits per heavy atom. The van der Waals surface area contributed by atoms with Gasteiger partial charge in [0.15, 0.2) is 0 Å². The molecule has 2 atom stereocenters. The minimum absolute atomic E-state index is 0.305. The van der Waals surface area contributed by atoms with Gasteiger partial charge in [-0.2, -0.15) is 0 Å². The second kappa shape index (κ2) is 5.04. The summed E-state index contributed by atoms with van der Waals surface area (Å²) in [5.74, 6) is 5.97. The Labute approximate surface area is 78.5 Å². The number of hydrazine groups is 1. The molecule has 0 aliphatic carbocycles. The van der Waals surface area contributed by atoms with Crippen molar-refractivity contribution in [3.05, 3.63) is 0 Å². The van der Waals surface area contributed by atoms with E-state index < -0.39 is 0 Å². The standard InChI is InChI=1S/C8H18N4O/c1-6-4-7(2-3-13-6)5-11-8(9)12-10/h6-7H,2-5,10H2,1H3,(H3,9,11,12). The second-order valence-corrected chi connectivity index (χ2v) is 3.44. The number of guanidine groups is 1. The fourth-order valence-corrected chi connectivity index (χ4v) is 1.53. The number of nitrogens with two attached hydrogens (primary N) is 2. The highest BCUT2D eigenvalue weighted by atomic mass is 16.5. The maximum Gasteiger partial charge on any atom is 0.203 e. The maximum absolute atomic E-state index is 5.42. The molecule has 13 heavy (non-hydrogen) atoms. The SMILES string of the molecule is CC1CC(CN=C(N)NN)CCO1. The van der Waals surface area contributed by atoms with E-state index in [1.54, 1.807) is 0 Å². The summed E-state index contributed by atoms with van der Waals surface area (Å²) in [6, 6.07) is 0. The molecule has 0 bridgehead atoms. The Hall–Kier alpha value is -0.810. The zero-order valence-corrected chi connectivity index (χ0v) is 7.99. The zero-order chi connectivity index (χ0) is 9.68. The molecule has 1 heterocycles. The van der Waals surface area contributed by atoms with Gasteiger partial charge < -0.3 is 10.5 Å². The third-order valence-corrected chi connectivity index (χ3v) is 2.26. The van der Waals surface area contributed by atoms with Crippen LogP contribution in [-0.4, -0.2) is 25.2 Å². The highest BCUT2D eigenvalue weighted by molar-refractivity contribution is 5.77. The van der Waals surface area contributed by atoms with Gasteiger partial charge in [-0.15, -0.1) is 0 Å². The lowest BCUT2D eigenvalue weighted by molar-refractivity contribution is 0.00481. The lowest BCUT2D eigenvalue weighted by atomic mass is 9.96. The Bertz CT molecular complexity index is 183. The molecule has 0 aromatic heterocycles. The van der Waals surface area contributed by atoms with Crippen molar-refractivity contribution in [3.8, 4) is 0 Å². The Morgan fingerprint density at radius 1 is 1.69 bits per heavy atom. The summed E-state index contributed by atoms with van der Waals surface area (Å²) < 4.78 is 5.42. The van der Waals surface area contributed by atoms with Crippen molar-refractivity contribution in [1.82, 2.24) is 5.43 Å². The van der Waals surface area contributed by atoms with Crippen molar-refractivity contribution in [2.75, 3.05) is 13.2 Å². The van der Waals surface area contributed by atoms with Crippen LogP contribution in [0.1, 0.15) is 19.8 Å². The first-order valence-corrected chi connectivity index (χ1v) is 4.60. The van der Waals surface area contributed by atoms with Crippen LogP contribution >= 0.6 is 0 Å². The number of hydrogen-bond acceptors (Lipinski definition) is 3. The number of aliphatic imine (C=N–C) groups is 1. The number of hydrogen-bond donors (Lipinski definition) is 3. The van der Waals surface area contributed by atoms with Crippen molar-refractivity contribution >= 4 is 5.96 Å². The van der Waals surface area contributed by atoms with Crippen molar-refractivity contribution in [1.29, 1.82) is 0 Å². The topological polar surface area (TPSA) is 85.7 Å². The van der Waals surface area contributed by atoms with Gasteiger partial charge in [0.1, 0.15) is 0 Å². The molecule has 0 amide bonds. The smallest absolute Gasteiger partial charge is 0.203 e. The Balaban J connectivity index is 2.28. The van der Waals surface area contributed by atoms with Gasteiger partial charge in [-0.1, -0.05) is 0 Å². The first kappa shape index (κ1) is 10.3. The maximum atomic E-state index is 5.42. The highest BCUT2D eigenvalue weighted by Crippen LogP contribution is 2.19. The van der Waals surface area contributed by atoms with Gasteiger partial charge in [-0.25, -0.2) is 5.84 Å². The van der Waals surface area contributed by atoms with E-state index >= 15 is 0 Å². The summed E-state index contributed by atoms with van der Waals surface area (Å²) >= 11 is 0. The van der Waals surface area contributed by atoms with Crippen LogP contribution in [-0.2, 0) is 4.74 Å². The fraction of sp³-hybridized carbons (Fsp3) is 0.875. The van der Waals surface area contributed by atoms with Gasteiger partial charge in [-0.3, -0.25) is 10.4 Å². The van der Waals surface area contributed by atoms with E-state index in [1.807, 2.05) is 0 Å². The minimum atomic E-state index is 0.305. The summed E-state index contributed by atoms with van der Waals surface area (Å²) in [6.07, 6.45) is 2.47. The molecular weight excluding hydrogens is 168 g/mol. The van der Waals surface area contributed by atoms with Gasteiger partial charge in [-0.05, 0) is 25.7 Å². The quantitative estimate of drug-likeness (QED) is 0.237. The third kappa shape index (κ3) is 3.61. The molecule has 5 heteroatoms. The summed E-state index contributed by atoms with van der Waals surface area (Å²) in [4.78, 5) is 4.10. The molecule has 1 aliphatic rings. The molecule has 1 saturated heterocycles. The van der Waals surface area contributed by atoms with E-state index in [9.17, 15) is 0 Å². The molecule has 1 rings (SSSR count). The van der Waals surface area contributed by atoms with Gasteiger partial charge in [0, 0.05) is 13.2 Å². The third-order valence-electron chi connectivity index (χ3n) is 2.26. The van der Waals surface area contributed by atoms with E-state index in [-0.39, 0.29) is 0 Å². The minimum Gasteiger partial charge on any atom is -0.378 e. The average Bonchev–Trinajstić information content (AvgIpc) is 2.14. The molecule has 76 valence electrons. The van der Waals surface area contributed by atoms with Crippen molar-refractivity contribution in [2.45, 2.75) is 25.9 Å². The highest BCUT2D eigenvalue weighted by Gasteiger charge is 2.18. The van der Waals surface area contributed by atoms with E-state index in [4.69, 9.17) is 16.3 Å². The van der Waals surface area contributed by atoms with Crippen LogP contribution in [0.25, 0.3) is 0 Å². The summed E-state index contributed by atoms with van der Waals surface area (Å²) in [6.45, 7) is 3.65. The predicted molar refractivity (Wildman–Crippen MR) is 52.0 cm³/mol. The zero-order valence-electron chi connectivity index (χ0n) is 7.99. The van der Waals surface area contributed by atoms with Crippen LogP contribution in [0, 0.1) is 5.92 Å². The monoisotopic (exact) mass is 186 g/mol. The van der Waals surface area contributed by atoms with E-state index in [0.29, 0.717) is 18.0 Å². The Morgan fingerprint density at radius 3 is 3.08 bits per heavy atom. The summed E-state index contributed by atoms with van der Waals surface area (Å²) in [7, 11) is 0. The normalized spacial score (nSPS) is 30.2. The molecule has 0 radical (unpaired) electrons. The van der Waals surface area contributed by atoms with Crippen LogP contribution in [0.4, 0.5) is 0 Å². The molecule has 5 N–H and O–H groups in total. The molecule has 0 aromatic carbocycles. The van der Waals surface area contributed by atoms with Gasteiger partial charge in [0.2, 0.25) is 5.96 Å². The first-order chi connectivity index (χ1) is 6.22. The molecular formula is C8H18N4O. The largest absolute Gasteiger partial charge is 0.378 e. The molecule has 1 fully saturated rings. The lowest BCUT2D eigenvalue weighted by Gasteiger charge is -2.25.